The summed E-state index contributed by atoms with van der Waals surface area (Å²) in [6.07, 6.45) is 4.07. The van der Waals surface area contributed by atoms with Crippen LogP contribution in [0, 0.1) is 0 Å². The minimum absolute atomic E-state index is 0.774. The van der Waals surface area contributed by atoms with Gasteiger partial charge in [-0.2, -0.15) is 0 Å². The van der Waals surface area contributed by atoms with Crippen LogP contribution >= 0.6 is 0 Å². The number of methoxy groups -OCH3 is 1. The molecule has 0 spiro atoms. The van der Waals surface area contributed by atoms with Crippen molar-refractivity contribution in [1.29, 1.82) is 0 Å². The van der Waals surface area contributed by atoms with Gasteiger partial charge in [0.1, 0.15) is 5.75 Å². The zero-order valence-corrected chi connectivity index (χ0v) is 11.1. The lowest BCUT2D eigenvalue weighted by molar-refractivity contribution is 0.401. The van der Waals surface area contributed by atoms with Gasteiger partial charge >= 0.3 is 0 Å². The molecule has 1 aromatic rings. The summed E-state index contributed by atoms with van der Waals surface area (Å²) in [7, 11) is 1.78. The van der Waals surface area contributed by atoms with E-state index in [2.05, 4.69) is 28.4 Å². The third-order valence-electron chi connectivity index (χ3n) is 4.24. The summed E-state index contributed by atoms with van der Waals surface area (Å²) in [5, 5.41) is 3.39. The van der Waals surface area contributed by atoms with Crippen LogP contribution < -0.4 is 15.0 Å². The Balaban J connectivity index is 1.84. The van der Waals surface area contributed by atoms with Crippen LogP contribution in [0.5, 0.6) is 5.75 Å². The van der Waals surface area contributed by atoms with Crippen molar-refractivity contribution in [3.05, 3.63) is 23.8 Å². The lowest BCUT2D eigenvalue weighted by Crippen LogP contribution is -2.43. The standard InChI is InChI=1S/C15H22N2O/c1-18-15-11-13(12-3-2-4-12)5-6-14(15)17-9-7-16-8-10-17/h5-6,11-12,16H,2-4,7-10H2,1H3. The molecule has 3 heteroatoms. The van der Waals surface area contributed by atoms with Gasteiger partial charge in [0, 0.05) is 26.2 Å². The van der Waals surface area contributed by atoms with Gasteiger partial charge in [-0.15, -0.1) is 0 Å². The number of hydrogen-bond donors (Lipinski definition) is 1. The molecule has 3 rings (SSSR count). The Bertz CT molecular complexity index is 409. The van der Waals surface area contributed by atoms with Crippen molar-refractivity contribution in [3.8, 4) is 5.75 Å². The highest BCUT2D eigenvalue weighted by Gasteiger charge is 2.22. The van der Waals surface area contributed by atoms with Gasteiger partial charge in [-0.3, -0.25) is 0 Å². The first-order valence-electron chi connectivity index (χ1n) is 7.02. The third kappa shape index (κ3) is 2.19. The normalized spacial score (nSPS) is 20.6. The Kier molecular flexibility index (Phi) is 3.41. The van der Waals surface area contributed by atoms with Crippen LogP contribution in [0.3, 0.4) is 0 Å². The third-order valence-corrected chi connectivity index (χ3v) is 4.24. The zero-order valence-electron chi connectivity index (χ0n) is 11.1. The summed E-state index contributed by atoms with van der Waals surface area (Å²) < 4.78 is 5.60. The van der Waals surface area contributed by atoms with Crippen LogP contribution in [0.1, 0.15) is 30.7 Å². The SMILES string of the molecule is COc1cc(C2CCC2)ccc1N1CCNCC1. The molecule has 0 radical (unpaired) electrons. The van der Waals surface area contributed by atoms with Gasteiger partial charge in [0.25, 0.3) is 0 Å². The van der Waals surface area contributed by atoms with Crippen molar-refractivity contribution in [3.63, 3.8) is 0 Å². The molecular formula is C15H22N2O. The quantitative estimate of drug-likeness (QED) is 0.886. The van der Waals surface area contributed by atoms with Gasteiger partial charge in [0.2, 0.25) is 0 Å². The Morgan fingerprint density at radius 2 is 2.00 bits per heavy atom. The van der Waals surface area contributed by atoms with Crippen LogP contribution in [0.2, 0.25) is 0 Å². The predicted molar refractivity (Wildman–Crippen MR) is 74.7 cm³/mol. The molecule has 0 unspecified atom stereocenters. The van der Waals surface area contributed by atoms with Gasteiger partial charge in [-0.05, 0) is 36.5 Å². The topological polar surface area (TPSA) is 24.5 Å². The van der Waals surface area contributed by atoms with Gasteiger partial charge in [-0.25, -0.2) is 0 Å². The second kappa shape index (κ2) is 5.19. The number of hydrogen-bond acceptors (Lipinski definition) is 3. The smallest absolute Gasteiger partial charge is 0.142 e. The molecule has 2 fully saturated rings. The van der Waals surface area contributed by atoms with E-state index >= 15 is 0 Å². The summed E-state index contributed by atoms with van der Waals surface area (Å²) in [5.41, 5.74) is 2.71. The number of benzene rings is 1. The molecule has 0 amide bonds. The van der Waals surface area contributed by atoms with E-state index in [1.807, 2.05) is 0 Å². The highest BCUT2D eigenvalue weighted by Crippen LogP contribution is 2.40. The number of nitrogens with zero attached hydrogens (tertiary/aromatic N) is 1. The van der Waals surface area contributed by atoms with Gasteiger partial charge in [0.15, 0.2) is 0 Å². The van der Waals surface area contributed by atoms with Crippen LogP contribution in [0.25, 0.3) is 0 Å². The van der Waals surface area contributed by atoms with Crippen molar-refractivity contribution in [2.45, 2.75) is 25.2 Å². The van der Waals surface area contributed by atoms with Crippen molar-refractivity contribution in [2.75, 3.05) is 38.2 Å². The highest BCUT2D eigenvalue weighted by molar-refractivity contribution is 5.60. The molecule has 1 N–H and O–H groups in total. The number of ether oxygens (including phenoxy) is 1. The molecule has 18 heavy (non-hydrogen) atoms. The van der Waals surface area contributed by atoms with E-state index in [1.54, 1.807) is 7.11 Å². The fraction of sp³-hybridized carbons (Fsp3) is 0.600. The molecule has 0 bridgehead atoms. The lowest BCUT2D eigenvalue weighted by atomic mass is 9.80. The maximum absolute atomic E-state index is 5.60. The second-order valence-electron chi connectivity index (χ2n) is 5.30. The number of rotatable bonds is 3. The molecular weight excluding hydrogens is 224 g/mol. The van der Waals surface area contributed by atoms with E-state index in [1.165, 1.54) is 30.5 Å². The van der Waals surface area contributed by atoms with Crippen molar-refractivity contribution >= 4 is 5.69 Å². The van der Waals surface area contributed by atoms with Crippen molar-refractivity contribution in [2.24, 2.45) is 0 Å². The molecule has 1 heterocycles. The average molecular weight is 246 g/mol. The van der Waals surface area contributed by atoms with Crippen molar-refractivity contribution in [1.82, 2.24) is 5.32 Å². The van der Waals surface area contributed by atoms with Gasteiger partial charge < -0.3 is 15.0 Å². The van der Waals surface area contributed by atoms with E-state index < -0.39 is 0 Å². The molecule has 1 aliphatic carbocycles. The first-order chi connectivity index (χ1) is 8.88. The number of anilines is 1. The molecule has 3 nitrogen and oxygen atoms in total. The number of nitrogens with one attached hydrogen (secondary N) is 1. The second-order valence-corrected chi connectivity index (χ2v) is 5.30. The molecule has 2 aliphatic rings. The zero-order chi connectivity index (χ0) is 12.4. The van der Waals surface area contributed by atoms with Crippen LogP contribution in [0.15, 0.2) is 18.2 Å². The molecule has 1 saturated heterocycles. The Labute approximate surface area is 109 Å². The Hall–Kier alpha value is -1.22. The van der Waals surface area contributed by atoms with Crippen molar-refractivity contribution < 1.29 is 4.74 Å². The van der Waals surface area contributed by atoms with E-state index in [4.69, 9.17) is 4.74 Å². The summed E-state index contributed by atoms with van der Waals surface area (Å²) in [4.78, 5) is 2.42. The summed E-state index contributed by atoms with van der Waals surface area (Å²) in [5.74, 6) is 1.82. The number of piperazine rings is 1. The molecule has 98 valence electrons. The molecule has 0 aromatic heterocycles. The van der Waals surface area contributed by atoms with E-state index in [-0.39, 0.29) is 0 Å². The lowest BCUT2D eigenvalue weighted by Gasteiger charge is -2.32. The van der Waals surface area contributed by atoms with E-state index in [0.717, 1.165) is 37.8 Å². The monoisotopic (exact) mass is 246 g/mol. The van der Waals surface area contributed by atoms with Gasteiger partial charge in [-0.1, -0.05) is 12.5 Å². The maximum atomic E-state index is 5.60. The van der Waals surface area contributed by atoms with Crippen LogP contribution in [0.4, 0.5) is 5.69 Å². The highest BCUT2D eigenvalue weighted by atomic mass is 16.5. The van der Waals surface area contributed by atoms with E-state index in [0.29, 0.717) is 0 Å². The largest absolute Gasteiger partial charge is 0.495 e. The Morgan fingerprint density at radius 3 is 2.61 bits per heavy atom. The minimum Gasteiger partial charge on any atom is -0.495 e. The van der Waals surface area contributed by atoms with E-state index in [9.17, 15) is 0 Å². The molecule has 1 aromatic carbocycles. The molecule has 1 aliphatic heterocycles. The molecule has 0 atom stereocenters. The first-order valence-corrected chi connectivity index (χ1v) is 7.02. The summed E-state index contributed by atoms with van der Waals surface area (Å²) >= 11 is 0. The molecule has 1 saturated carbocycles. The Morgan fingerprint density at radius 1 is 1.22 bits per heavy atom. The minimum atomic E-state index is 0.774. The fourth-order valence-corrected chi connectivity index (χ4v) is 2.86. The fourth-order valence-electron chi connectivity index (χ4n) is 2.86. The first kappa shape index (κ1) is 11.8. The van der Waals surface area contributed by atoms with Crippen LogP contribution in [-0.4, -0.2) is 33.3 Å². The predicted octanol–water partition coefficient (Wildman–Crippen LogP) is 2.37. The summed E-state index contributed by atoms with van der Waals surface area (Å²) in [6, 6.07) is 6.79. The summed E-state index contributed by atoms with van der Waals surface area (Å²) in [6.45, 7) is 4.26. The van der Waals surface area contributed by atoms with Gasteiger partial charge in [0.05, 0.1) is 12.8 Å². The maximum Gasteiger partial charge on any atom is 0.142 e. The average Bonchev–Trinajstić information content (AvgIpc) is 2.37. The van der Waals surface area contributed by atoms with Crippen LogP contribution in [-0.2, 0) is 0 Å².